The van der Waals surface area contributed by atoms with Crippen LogP contribution in [0.4, 0.5) is 11.4 Å². The number of carbonyl (C=O) groups is 1. The molecule has 0 radical (unpaired) electrons. The average molecular weight is 405 g/mol. The Labute approximate surface area is 176 Å². The van der Waals surface area contributed by atoms with Crippen molar-refractivity contribution in [2.45, 2.75) is 44.6 Å². The fraction of sp³-hybridized carbons (Fsp3) is 0.292. The van der Waals surface area contributed by atoms with Gasteiger partial charge in [-0.05, 0) is 55.5 Å². The van der Waals surface area contributed by atoms with Gasteiger partial charge in [0.05, 0.1) is 5.69 Å². The van der Waals surface area contributed by atoms with Crippen molar-refractivity contribution in [3.05, 3.63) is 71.4 Å². The van der Waals surface area contributed by atoms with Gasteiger partial charge in [0.2, 0.25) is 5.88 Å². The van der Waals surface area contributed by atoms with Crippen molar-refractivity contribution >= 4 is 17.3 Å². The van der Waals surface area contributed by atoms with Gasteiger partial charge in [0.25, 0.3) is 5.91 Å². The summed E-state index contributed by atoms with van der Waals surface area (Å²) in [5, 5.41) is 26.9. The number of H-pyrrole nitrogens is 1. The lowest BCUT2D eigenvalue weighted by Gasteiger charge is -2.14. The first-order valence-electron chi connectivity index (χ1n) is 10.4. The van der Waals surface area contributed by atoms with Gasteiger partial charge in [-0.25, -0.2) is 0 Å². The van der Waals surface area contributed by atoms with E-state index >= 15 is 0 Å². The van der Waals surface area contributed by atoms with Gasteiger partial charge in [0, 0.05) is 17.4 Å². The molecule has 1 saturated carbocycles. The summed E-state index contributed by atoms with van der Waals surface area (Å²) >= 11 is 0. The lowest BCUT2D eigenvalue weighted by molar-refractivity contribution is 0.102. The molecule has 4 rings (SSSR count). The van der Waals surface area contributed by atoms with Crippen LogP contribution in [0.1, 0.15) is 47.3 Å². The van der Waals surface area contributed by atoms with Crippen LogP contribution in [0, 0.1) is 0 Å². The first-order chi connectivity index (χ1) is 14.6. The first kappa shape index (κ1) is 19.9. The summed E-state index contributed by atoms with van der Waals surface area (Å²) in [5.41, 5.74) is 3.05. The normalized spacial score (nSPS) is 14.0. The minimum absolute atomic E-state index is 0.133. The molecule has 2 aromatic carbocycles. The van der Waals surface area contributed by atoms with Crippen molar-refractivity contribution in [2.24, 2.45) is 0 Å². The molecule has 30 heavy (non-hydrogen) atoms. The van der Waals surface area contributed by atoms with Crippen molar-refractivity contribution in [1.29, 1.82) is 0 Å². The molecular weight excluding hydrogens is 378 g/mol. The highest BCUT2D eigenvalue weighted by atomic mass is 16.3. The predicted octanol–water partition coefficient (Wildman–Crippen LogP) is 4.82. The van der Waals surface area contributed by atoms with Crippen LogP contribution in [0.3, 0.4) is 0 Å². The Balaban J connectivity index is 1.39. The number of aromatic hydroxyl groups is 2. The van der Waals surface area contributed by atoms with Crippen LogP contribution >= 0.6 is 0 Å². The molecule has 6 heteroatoms. The molecule has 6 nitrogen and oxygen atoms in total. The molecule has 1 fully saturated rings. The van der Waals surface area contributed by atoms with Crippen LogP contribution in [0.15, 0.2) is 54.6 Å². The van der Waals surface area contributed by atoms with Crippen LogP contribution in [-0.4, -0.2) is 27.1 Å². The number of carbonyl (C=O) groups excluding carboxylic acids is 1. The van der Waals surface area contributed by atoms with Gasteiger partial charge in [0.15, 0.2) is 5.75 Å². The molecule has 0 aliphatic heterocycles. The third-order valence-electron chi connectivity index (χ3n) is 5.63. The first-order valence-corrected chi connectivity index (χ1v) is 10.4. The second kappa shape index (κ2) is 8.95. The Hall–Kier alpha value is -3.41. The van der Waals surface area contributed by atoms with Crippen LogP contribution in [0.2, 0.25) is 0 Å². The predicted molar refractivity (Wildman–Crippen MR) is 118 cm³/mol. The number of rotatable bonds is 7. The summed E-state index contributed by atoms with van der Waals surface area (Å²) in [7, 11) is 0. The Morgan fingerprint density at radius 3 is 2.30 bits per heavy atom. The molecule has 156 valence electrons. The van der Waals surface area contributed by atoms with E-state index in [9.17, 15) is 15.0 Å². The molecule has 1 heterocycles. The molecule has 5 N–H and O–H groups in total. The maximum absolute atomic E-state index is 12.6. The number of anilines is 2. The molecule has 0 bridgehead atoms. The topological polar surface area (TPSA) is 97.4 Å². The number of aromatic amines is 1. The molecule has 3 aromatic rings. The zero-order valence-corrected chi connectivity index (χ0v) is 16.8. The van der Waals surface area contributed by atoms with Gasteiger partial charge in [-0.15, -0.1) is 0 Å². The van der Waals surface area contributed by atoms with E-state index in [1.54, 1.807) is 0 Å². The number of benzene rings is 2. The van der Waals surface area contributed by atoms with E-state index in [1.165, 1.54) is 25.7 Å². The molecule has 0 atom stereocenters. The summed E-state index contributed by atoms with van der Waals surface area (Å²) in [6.45, 7) is 0. The number of hydrogen-bond donors (Lipinski definition) is 5. The van der Waals surface area contributed by atoms with Crippen LogP contribution in [0.5, 0.6) is 11.6 Å². The smallest absolute Gasteiger partial charge is 0.264 e. The molecule has 1 aromatic heterocycles. The third-order valence-corrected chi connectivity index (χ3v) is 5.63. The van der Waals surface area contributed by atoms with Gasteiger partial charge in [-0.2, -0.15) is 0 Å². The average Bonchev–Trinajstić information content (AvgIpc) is 3.36. The van der Waals surface area contributed by atoms with E-state index in [2.05, 4.69) is 15.6 Å². The van der Waals surface area contributed by atoms with Crippen LogP contribution < -0.4 is 10.6 Å². The number of amides is 1. The molecule has 1 amide bonds. The summed E-state index contributed by atoms with van der Waals surface area (Å²) in [5.74, 6) is -1.09. The number of aromatic nitrogens is 1. The SMILES string of the molecule is O=C(Nc1ccc(NC2CCCC2)cc1)c1c(O)[nH]c(CCc2ccccc2)c1O. The van der Waals surface area contributed by atoms with E-state index in [0.717, 1.165) is 11.3 Å². The van der Waals surface area contributed by atoms with Crippen molar-refractivity contribution in [1.82, 2.24) is 4.98 Å². The van der Waals surface area contributed by atoms with E-state index in [0.29, 0.717) is 30.3 Å². The summed E-state index contributed by atoms with van der Waals surface area (Å²) in [6, 6.07) is 17.8. The monoisotopic (exact) mass is 405 g/mol. The van der Waals surface area contributed by atoms with Gasteiger partial charge in [-0.3, -0.25) is 4.79 Å². The van der Waals surface area contributed by atoms with Gasteiger partial charge in [-0.1, -0.05) is 43.2 Å². The van der Waals surface area contributed by atoms with Gasteiger partial charge >= 0.3 is 0 Å². The van der Waals surface area contributed by atoms with E-state index in [-0.39, 0.29) is 17.2 Å². The Bertz CT molecular complexity index is 991. The second-order valence-electron chi connectivity index (χ2n) is 7.82. The summed E-state index contributed by atoms with van der Waals surface area (Å²) in [4.78, 5) is 15.4. The maximum Gasteiger partial charge on any atom is 0.264 e. The van der Waals surface area contributed by atoms with Crippen molar-refractivity contribution in [3.63, 3.8) is 0 Å². The summed E-state index contributed by atoms with van der Waals surface area (Å²) in [6.07, 6.45) is 6.09. The van der Waals surface area contributed by atoms with Crippen molar-refractivity contribution in [2.75, 3.05) is 10.6 Å². The fourth-order valence-corrected chi connectivity index (χ4v) is 3.99. The largest absolute Gasteiger partial charge is 0.505 e. The zero-order chi connectivity index (χ0) is 20.9. The van der Waals surface area contributed by atoms with E-state index < -0.39 is 5.91 Å². The molecular formula is C24H27N3O3. The Morgan fingerprint density at radius 1 is 0.933 bits per heavy atom. The van der Waals surface area contributed by atoms with E-state index in [4.69, 9.17) is 0 Å². The Kier molecular flexibility index (Phi) is 5.93. The van der Waals surface area contributed by atoms with Gasteiger partial charge < -0.3 is 25.8 Å². The summed E-state index contributed by atoms with van der Waals surface area (Å²) < 4.78 is 0. The standard InChI is InChI=1S/C24H27N3O3/c28-22-20(15-10-16-6-2-1-3-7-16)27-24(30)21(22)23(29)26-19-13-11-18(12-14-19)25-17-8-4-5-9-17/h1-3,6-7,11-14,17,25,27-28,30H,4-5,8-10,15H2,(H,26,29). The van der Waals surface area contributed by atoms with Crippen molar-refractivity contribution < 1.29 is 15.0 Å². The lowest BCUT2D eigenvalue weighted by atomic mass is 10.1. The highest BCUT2D eigenvalue weighted by Gasteiger charge is 2.23. The molecule has 0 saturated heterocycles. The Morgan fingerprint density at radius 2 is 1.60 bits per heavy atom. The van der Waals surface area contributed by atoms with E-state index in [1.807, 2.05) is 54.6 Å². The minimum atomic E-state index is -0.552. The number of nitrogens with one attached hydrogen (secondary N) is 3. The molecule has 0 unspecified atom stereocenters. The number of hydrogen-bond acceptors (Lipinski definition) is 4. The zero-order valence-electron chi connectivity index (χ0n) is 16.8. The van der Waals surface area contributed by atoms with Crippen LogP contribution in [-0.2, 0) is 12.8 Å². The third kappa shape index (κ3) is 4.59. The highest BCUT2D eigenvalue weighted by molar-refractivity contribution is 6.08. The quantitative estimate of drug-likeness (QED) is 0.389. The maximum atomic E-state index is 12.6. The molecule has 1 aliphatic rings. The second-order valence-corrected chi connectivity index (χ2v) is 7.82. The molecule has 0 spiro atoms. The van der Waals surface area contributed by atoms with Crippen LogP contribution in [0.25, 0.3) is 0 Å². The lowest BCUT2D eigenvalue weighted by Crippen LogP contribution is -2.14. The van der Waals surface area contributed by atoms with Gasteiger partial charge in [0.1, 0.15) is 5.56 Å². The number of aryl methyl sites for hydroxylation is 2. The van der Waals surface area contributed by atoms with Crippen molar-refractivity contribution in [3.8, 4) is 11.6 Å². The fourth-order valence-electron chi connectivity index (χ4n) is 3.99. The highest BCUT2D eigenvalue weighted by Crippen LogP contribution is 2.32. The minimum Gasteiger partial charge on any atom is -0.505 e. The molecule has 1 aliphatic carbocycles.